The van der Waals surface area contributed by atoms with E-state index in [-0.39, 0.29) is 27.9 Å². The SMILES string of the molecule is CC(C)N(CCCO)S(=O)(=O)c1cnc(Cl)s1. The molecule has 0 saturated heterocycles. The molecular formula is C9H15ClN2O3S2. The van der Waals surface area contributed by atoms with Gasteiger partial charge >= 0.3 is 0 Å². The fraction of sp³-hybridized carbons (Fsp3) is 0.667. The van der Waals surface area contributed by atoms with Crippen molar-refractivity contribution in [2.24, 2.45) is 0 Å². The van der Waals surface area contributed by atoms with Gasteiger partial charge in [-0.1, -0.05) is 22.9 Å². The number of aromatic nitrogens is 1. The lowest BCUT2D eigenvalue weighted by molar-refractivity contribution is 0.258. The molecule has 0 bridgehead atoms. The van der Waals surface area contributed by atoms with Gasteiger partial charge in [-0.05, 0) is 20.3 Å². The maximum Gasteiger partial charge on any atom is 0.254 e. The largest absolute Gasteiger partial charge is 0.396 e. The minimum Gasteiger partial charge on any atom is -0.396 e. The van der Waals surface area contributed by atoms with Crippen LogP contribution in [0.25, 0.3) is 0 Å². The second-order valence-electron chi connectivity index (χ2n) is 3.72. The van der Waals surface area contributed by atoms with Gasteiger partial charge in [0.05, 0.1) is 6.20 Å². The van der Waals surface area contributed by atoms with Crippen LogP contribution < -0.4 is 0 Å². The summed E-state index contributed by atoms with van der Waals surface area (Å²) >= 11 is 6.58. The van der Waals surface area contributed by atoms with Gasteiger partial charge in [-0.15, -0.1) is 0 Å². The lowest BCUT2D eigenvalue weighted by Gasteiger charge is -2.24. The first kappa shape index (κ1) is 14.8. The fourth-order valence-electron chi connectivity index (χ4n) is 1.36. The summed E-state index contributed by atoms with van der Waals surface area (Å²) in [5.41, 5.74) is 0. The van der Waals surface area contributed by atoms with Crippen molar-refractivity contribution in [2.75, 3.05) is 13.2 Å². The molecule has 17 heavy (non-hydrogen) atoms. The average Bonchev–Trinajstić information content (AvgIpc) is 2.65. The summed E-state index contributed by atoms with van der Waals surface area (Å²) in [5, 5.41) is 8.78. The highest BCUT2D eigenvalue weighted by Gasteiger charge is 2.28. The Morgan fingerprint density at radius 1 is 1.59 bits per heavy atom. The van der Waals surface area contributed by atoms with Gasteiger partial charge in [0, 0.05) is 19.2 Å². The monoisotopic (exact) mass is 298 g/mol. The van der Waals surface area contributed by atoms with Crippen molar-refractivity contribution in [3.05, 3.63) is 10.7 Å². The zero-order valence-corrected chi connectivity index (χ0v) is 12.0. The second kappa shape index (κ2) is 6.10. The Bertz CT molecular complexity index is 459. The van der Waals surface area contributed by atoms with Crippen LogP contribution in [0.2, 0.25) is 4.47 Å². The van der Waals surface area contributed by atoms with E-state index in [1.807, 2.05) is 0 Å². The van der Waals surface area contributed by atoms with E-state index < -0.39 is 10.0 Å². The van der Waals surface area contributed by atoms with Crippen LogP contribution in [-0.2, 0) is 10.0 Å². The van der Waals surface area contributed by atoms with Crippen molar-refractivity contribution >= 4 is 33.0 Å². The first-order valence-electron chi connectivity index (χ1n) is 5.13. The Hall–Kier alpha value is -0.210. The Morgan fingerprint density at radius 3 is 2.65 bits per heavy atom. The van der Waals surface area contributed by atoms with Crippen LogP contribution >= 0.6 is 22.9 Å². The third kappa shape index (κ3) is 3.62. The number of sulfonamides is 1. The van der Waals surface area contributed by atoms with Crippen molar-refractivity contribution in [3.63, 3.8) is 0 Å². The van der Waals surface area contributed by atoms with Crippen molar-refractivity contribution in [3.8, 4) is 0 Å². The first-order chi connectivity index (χ1) is 7.89. The Balaban J connectivity index is 3.00. The molecule has 98 valence electrons. The molecule has 1 aromatic heterocycles. The highest BCUT2D eigenvalue weighted by molar-refractivity contribution is 7.91. The topological polar surface area (TPSA) is 70.5 Å². The van der Waals surface area contributed by atoms with Crippen LogP contribution in [0.1, 0.15) is 20.3 Å². The minimum absolute atomic E-state index is 0.0395. The normalized spacial score (nSPS) is 12.6. The number of halogens is 1. The standard InChI is InChI=1S/C9H15ClN2O3S2/c1-7(2)12(4-3-5-13)17(14,15)8-6-11-9(10)16-8/h6-7,13H,3-5H2,1-2H3. The maximum atomic E-state index is 12.2. The van der Waals surface area contributed by atoms with Gasteiger partial charge in [0.25, 0.3) is 10.0 Å². The van der Waals surface area contributed by atoms with E-state index in [0.717, 1.165) is 11.3 Å². The summed E-state index contributed by atoms with van der Waals surface area (Å²) in [5.74, 6) is 0. The number of thiazole rings is 1. The quantitative estimate of drug-likeness (QED) is 0.865. The molecule has 0 fully saturated rings. The summed E-state index contributed by atoms with van der Waals surface area (Å²) in [6, 6.07) is -0.174. The van der Waals surface area contributed by atoms with Gasteiger partial charge in [0.15, 0.2) is 8.68 Å². The summed E-state index contributed by atoms with van der Waals surface area (Å²) in [4.78, 5) is 3.73. The lowest BCUT2D eigenvalue weighted by Crippen LogP contribution is -2.37. The fourth-order valence-corrected chi connectivity index (χ4v) is 4.46. The van der Waals surface area contributed by atoms with Crippen LogP contribution in [0.5, 0.6) is 0 Å². The molecule has 0 spiro atoms. The molecule has 0 radical (unpaired) electrons. The highest BCUT2D eigenvalue weighted by atomic mass is 35.5. The molecule has 0 saturated carbocycles. The third-order valence-corrected chi connectivity index (χ3v) is 5.76. The average molecular weight is 299 g/mol. The van der Waals surface area contributed by atoms with Gasteiger partial charge in [-0.3, -0.25) is 0 Å². The Kier molecular flexibility index (Phi) is 5.33. The zero-order chi connectivity index (χ0) is 13.1. The van der Waals surface area contributed by atoms with Crippen molar-refractivity contribution < 1.29 is 13.5 Å². The molecule has 0 amide bonds. The highest BCUT2D eigenvalue weighted by Crippen LogP contribution is 2.26. The molecule has 8 heteroatoms. The van der Waals surface area contributed by atoms with Crippen LogP contribution in [0, 0.1) is 0 Å². The molecule has 0 unspecified atom stereocenters. The molecular weight excluding hydrogens is 284 g/mol. The summed E-state index contributed by atoms with van der Waals surface area (Å²) in [7, 11) is -3.56. The summed E-state index contributed by atoms with van der Waals surface area (Å²) < 4.78 is 26.2. The van der Waals surface area contributed by atoms with E-state index >= 15 is 0 Å². The minimum atomic E-state index is -3.56. The van der Waals surface area contributed by atoms with Crippen molar-refractivity contribution in [1.29, 1.82) is 0 Å². The molecule has 0 aliphatic heterocycles. The summed E-state index contributed by atoms with van der Waals surface area (Å²) in [6.45, 7) is 3.82. The van der Waals surface area contributed by atoms with E-state index in [1.54, 1.807) is 13.8 Å². The van der Waals surface area contributed by atoms with Crippen LogP contribution in [0.3, 0.4) is 0 Å². The second-order valence-corrected chi connectivity index (χ2v) is 7.45. The molecule has 1 N–H and O–H groups in total. The van der Waals surface area contributed by atoms with Gasteiger partial charge in [0.1, 0.15) is 0 Å². The molecule has 1 aromatic rings. The molecule has 0 atom stereocenters. The van der Waals surface area contributed by atoms with Crippen LogP contribution in [0.4, 0.5) is 0 Å². The Morgan fingerprint density at radius 2 is 2.24 bits per heavy atom. The maximum absolute atomic E-state index is 12.2. The molecule has 1 heterocycles. The molecule has 0 aliphatic rings. The van der Waals surface area contributed by atoms with E-state index in [9.17, 15) is 8.42 Å². The lowest BCUT2D eigenvalue weighted by atomic mass is 10.3. The third-order valence-electron chi connectivity index (χ3n) is 2.13. The smallest absolute Gasteiger partial charge is 0.254 e. The van der Waals surface area contributed by atoms with Crippen LogP contribution in [0.15, 0.2) is 10.4 Å². The number of rotatable bonds is 6. The Labute approximate surface area is 110 Å². The number of hydrogen-bond acceptors (Lipinski definition) is 5. The molecule has 0 aliphatic carbocycles. The first-order valence-corrected chi connectivity index (χ1v) is 7.77. The number of nitrogens with zero attached hydrogens (tertiary/aromatic N) is 2. The zero-order valence-electron chi connectivity index (χ0n) is 9.63. The number of aliphatic hydroxyl groups excluding tert-OH is 1. The van der Waals surface area contributed by atoms with Gasteiger partial charge < -0.3 is 5.11 Å². The summed E-state index contributed by atoms with van der Waals surface area (Å²) in [6.07, 6.45) is 1.67. The van der Waals surface area contributed by atoms with Crippen molar-refractivity contribution in [2.45, 2.75) is 30.5 Å². The van der Waals surface area contributed by atoms with Crippen LogP contribution in [-0.4, -0.2) is 42.0 Å². The van der Waals surface area contributed by atoms with Gasteiger partial charge in [-0.2, -0.15) is 4.31 Å². The van der Waals surface area contributed by atoms with E-state index in [1.165, 1.54) is 10.5 Å². The van der Waals surface area contributed by atoms with E-state index in [2.05, 4.69) is 4.98 Å². The number of hydrogen-bond donors (Lipinski definition) is 1. The predicted octanol–water partition coefficient (Wildman–Crippen LogP) is 1.58. The molecule has 1 rings (SSSR count). The molecule has 0 aromatic carbocycles. The van der Waals surface area contributed by atoms with Crippen molar-refractivity contribution in [1.82, 2.24) is 9.29 Å². The molecule has 5 nitrogen and oxygen atoms in total. The predicted molar refractivity (Wildman–Crippen MR) is 67.9 cm³/mol. The van der Waals surface area contributed by atoms with E-state index in [0.29, 0.717) is 6.42 Å². The van der Waals surface area contributed by atoms with Gasteiger partial charge in [-0.25, -0.2) is 13.4 Å². The van der Waals surface area contributed by atoms with Gasteiger partial charge in [0.2, 0.25) is 0 Å². The number of aliphatic hydroxyl groups is 1. The van der Waals surface area contributed by atoms with E-state index in [4.69, 9.17) is 16.7 Å².